The predicted octanol–water partition coefficient (Wildman–Crippen LogP) is 13.4. The van der Waals surface area contributed by atoms with E-state index in [2.05, 4.69) is 13.8 Å². The molecule has 1 aromatic rings. The van der Waals surface area contributed by atoms with Crippen molar-refractivity contribution in [2.45, 2.75) is 206 Å². The largest absolute Gasteiger partial charge is 0.379 e. The molecule has 1 rings (SSSR count). The van der Waals surface area contributed by atoms with Crippen molar-refractivity contribution < 1.29 is 19.0 Å². The third-order valence-corrected chi connectivity index (χ3v) is 9.46. The van der Waals surface area contributed by atoms with Crippen LogP contribution in [0.15, 0.2) is 24.3 Å². The van der Waals surface area contributed by atoms with E-state index in [1.54, 1.807) is 0 Å². The topological polar surface area (TPSA) is 44.8 Å². The molecule has 4 nitrogen and oxygen atoms in total. The van der Waals surface area contributed by atoms with Gasteiger partial charge in [0.15, 0.2) is 0 Å². The Bertz CT molecular complexity index is 766. The zero-order valence-electron chi connectivity index (χ0n) is 31.4. The second kappa shape index (κ2) is 36.1. The molecule has 0 N–H and O–H groups in total. The van der Waals surface area contributed by atoms with Gasteiger partial charge in [-0.3, -0.25) is 4.79 Å². The van der Waals surface area contributed by atoms with E-state index in [4.69, 9.17) is 14.2 Å². The molecule has 0 amide bonds. The summed E-state index contributed by atoms with van der Waals surface area (Å²) in [5.41, 5.74) is 1.71. The van der Waals surface area contributed by atoms with Crippen LogP contribution in [-0.4, -0.2) is 38.8 Å². The molecule has 0 spiro atoms. The molecular formula is C43H78O4. The molecular weight excluding hydrogens is 580 g/mol. The zero-order valence-corrected chi connectivity index (χ0v) is 31.4. The van der Waals surface area contributed by atoms with Gasteiger partial charge in [-0.15, -0.1) is 0 Å². The summed E-state index contributed by atoms with van der Waals surface area (Å²) in [7, 11) is 0. The molecule has 47 heavy (non-hydrogen) atoms. The molecule has 0 saturated carbocycles. The van der Waals surface area contributed by atoms with Gasteiger partial charge in [0.25, 0.3) is 0 Å². The number of rotatable bonds is 38. The number of unbranched alkanes of at least 4 members (excludes halogenated alkanes) is 26. The second-order valence-corrected chi connectivity index (χ2v) is 14.1. The number of ether oxygens (including phenoxy) is 3. The molecule has 0 bridgehead atoms. The average Bonchev–Trinajstić information content (AvgIpc) is 3.09. The van der Waals surface area contributed by atoms with Crippen LogP contribution in [0.5, 0.6) is 0 Å². The Morgan fingerprint density at radius 1 is 0.511 bits per heavy atom. The Labute approximate surface area is 292 Å². The number of hydrogen-bond acceptors (Lipinski definition) is 4. The Morgan fingerprint density at radius 3 is 1.36 bits per heavy atom. The van der Waals surface area contributed by atoms with E-state index in [1.807, 2.05) is 24.3 Å². The maximum absolute atomic E-state index is 11.1. The van der Waals surface area contributed by atoms with Gasteiger partial charge in [-0.1, -0.05) is 199 Å². The normalized spacial score (nSPS) is 12.1. The van der Waals surface area contributed by atoms with Crippen LogP contribution in [0.3, 0.4) is 0 Å². The number of benzene rings is 1. The molecule has 1 atom stereocenters. The molecule has 4 heteroatoms. The summed E-state index contributed by atoms with van der Waals surface area (Å²) in [5, 5.41) is 0. The van der Waals surface area contributed by atoms with Crippen molar-refractivity contribution in [3.8, 4) is 0 Å². The number of aldehydes is 1. The molecule has 1 unspecified atom stereocenters. The molecule has 0 aromatic heterocycles. The summed E-state index contributed by atoms with van der Waals surface area (Å²) < 4.78 is 18.3. The summed E-state index contributed by atoms with van der Waals surface area (Å²) in [6.07, 6.45) is 39.1. The Hall–Kier alpha value is -1.23. The Kier molecular flexibility index (Phi) is 33.6. The standard InChI is InChI=1S/C43H78O4/c1-3-5-7-9-11-13-15-17-19-21-23-25-27-29-34-45-39-43(40-46-38-42-33-31-32-41(36-42)37-44)47-35-30-28-26-24-22-20-18-16-14-12-10-8-6-4-2/h31-33,36-37,43H,3-30,34-35,38-40H2,1-2H3. The molecule has 0 aliphatic rings. The molecule has 0 fully saturated rings. The van der Waals surface area contributed by atoms with Crippen LogP contribution in [0, 0.1) is 0 Å². The van der Waals surface area contributed by atoms with Crippen molar-refractivity contribution in [3.05, 3.63) is 35.4 Å². The van der Waals surface area contributed by atoms with Gasteiger partial charge in [-0.25, -0.2) is 0 Å². The summed E-state index contributed by atoms with van der Waals surface area (Å²) >= 11 is 0. The first-order valence-electron chi connectivity index (χ1n) is 20.6. The SMILES string of the molecule is CCCCCCCCCCCCCCCCOCC(COCc1cccc(C=O)c1)OCCCCCCCCCCCCCCCC. The van der Waals surface area contributed by atoms with Crippen molar-refractivity contribution in [2.75, 3.05) is 26.4 Å². The van der Waals surface area contributed by atoms with Crippen molar-refractivity contribution in [2.24, 2.45) is 0 Å². The molecule has 0 radical (unpaired) electrons. The maximum Gasteiger partial charge on any atom is 0.150 e. The van der Waals surface area contributed by atoms with Crippen LogP contribution >= 0.6 is 0 Å². The van der Waals surface area contributed by atoms with Crippen LogP contribution in [0.2, 0.25) is 0 Å². The van der Waals surface area contributed by atoms with Crippen molar-refractivity contribution >= 4 is 6.29 Å². The molecule has 0 heterocycles. The van der Waals surface area contributed by atoms with Gasteiger partial charge in [0.2, 0.25) is 0 Å². The highest BCUT2D eigenvalue weighted by Crippen LogP contribution is 2.15. The van der Waals surface area contributed by atoms with Crippen LogP contribution in [-0.2, 0) is 20.8 Å². The fourth-order valence-electron chi connectivity index (χ4n) is 6.37. The number of hydrogen-bond donors (Lipinski definition) is 0. The highest BCUT2D eigenvalue weighted by molar-refractivity contribution is 5.74. The van der Waals surface area contributed by atoms with Crippen LogP contribution in [0.25, 0.3) is 0 Å². The number of carbonyl (C=O) groups is 1. The lowest BCUT2D eigenvalue weighted by atomic mass is 10.0. The van der Waals surface area contributed by atoms with E-state index in [9.17, 15) is 4.79 Å². The minimum Gasteiger partial charge on any atom is -0.379 e. The third kappa shape index (κ3) is 30.6. The first-order valence-corrected chi connectivity index (χ1v) is 20.6. The Balaban J connectivity index is 2.11. The molecule has 1 aromatic carbocycles. The van der Waals surface area contributed by atoms with Gasteiger partial charge in [0, 0.05) is 18.8 Å². The van der Waals surface area contributed by atoms with Crippen molar-refractivity contribution in [1.82, 2.24) is 0 Å². The number of carbonyl (C=O) groups excluding carboxylic acids is 1. The minimum absolute atomic E-state index is 0.0436. The van der Waals surface area contributed by atoms with E-state index in [1.165, 1.54) is 167 Å². The summed E-state index contributed by atoms with van der Waals surface area (Å²) in [4.78, 5) is 11.1. The third-order valence-electron chi connectivity index (χ3n) is 9.46. The summed E-state index contributed by atoms with van der Waals surface area (Å²) in [6.45, 7) is 7.75. The zero-order chi connectivity index (χ0) is 33.7. The first kappa shape index (κ1) is 43.8. The van der Waals surface area contributed by atoms with Gasteiger partial charge in [0.05, 0.1) is 19.8 Å². The van der Waals surface area contributed by atoms with E-state index in [0.29, 0.717) is 25.4 Å². The van der Waals surface area contributed by atoms with E-state index in [-0.39, 0.29) is 6.10 Å². The van der Waals surface area contributed by atoms with Crippen LogP contribution in [0.1, 0.15) is 210 Å². The molecule has 0 aliphatic heterocycles. The quantitative estimate of drug-likeness (QED) is 0.0524. The van der Waals surface area contributed by atoms with Crippen LogP contribution in [0.4, 0.5) is 0 Å². The van der Waals surface area contributed by atoms with Crippen molar-refractivity contribution in [3.63, 3.8) is 0 Å². The fourth-order valence-corrected chi connectivity index (χ4v) is 6.37. The van der Waals surface area contributed by atoms with Gasteiger partial charge in [-0.05, 0) is 24.5 Å². The van der Waals surface area contributed by atoms with Gasteiger partial charge < -0.3 is 14.2 Å². The lowest BCUT2D eigenvalue weighted by molar-refractivity contribution is -0.0645. The molecule has 0 aliphatic carbocycles. The van der Waals surface area contributed by atoms with Gasteiger partial charge in [0.1, 0.15) is 12.4 Å². The van der Waals surface area contributed by atoms with E-state index >= 15 is 0 Å². The summed E-state index contributed by atoms with van der Waals surface area (Å²) in [5.74, 6) is 0. The lowest BCUT2D eigenvalue weighted by Crippen LogP contribution is -2.26. The van der Waals surface area contributed by atoms with Crippen molar-refractivity contribution in [1.29, 1.82) is 0 Å². The van der Waals surface area contributed by atoms with E-state index < -0.39 is 0 Å². The van der Waals surface area contributed by atoms with Crippen LogP contribution < -0.4 is 0 Å². The smallest absolute Gasteiger partial charge is 0.150 e. The highest BCUT2D eigenvalue weighted by atomic mass is 16.6. The Morgan fingerprint density at radius 2 is 0.915 bits per heavy atom. The molecule has 0 saturated heterocycles. The second-order valence-electron chi connectivity index (χ2n) is 14.1. The van der Waals surface area contributed by atoms with E-state index in [0.717, 1.165) is 37.9 Å². The predicted molar refractivity (Wildman–Crippen MR) is 203 cm³/mol. The van der Waals surface area contributed by atoms with Gasteiger partial charge >= 0.3 is 0 Å². The highest BCUT2D eigenvalue weighted by Gasteiger charge is 2.11. The fraction of sp³-hybridized carbons (Fsp3) is 0.837. The average molecular weight is 659 g/mol. The summed E-state index contributed by atoms with van der Waals surface area (Å²) in [6, 6.07) is 7.63. The first-order chi connectivity index (χ1) is 23.3. The molecule has 274 valence electrons. The monoisotopic (exact) mass is 659 g/mol. The lowest BCUT2D eigenvalue weighted by Gasteiger charge is -2.18. The minimum atomic E-state index is -0.0436. The van der Waals surface area contributed by atoms with Gasteiger partial charge in [-0.2, -0.15) is 0 Å². The maximum atomic E-state index is 11.1.